The number of nitrogens with zero attached hydrogens (tertiary/aromatic N) is 1. The molecule has 0 radical (unpaired) electrons. The molecule has 5 heteroatoms. The molecule has 2 aromatic heterocycles. The second-order valence-electron chi connectivity index (χ2n) is 3.95. The third-order valence-corrected chi connectivity index (χ3v) is 3.16. The number of allylic oxidation sites excluding steroid dienone is 1. The summed E-state index contributed by atoms with van der Waals surface area (Å²) in [6.07, 6.45) is 5.40. The van der Waals surface area contributed by atoms with Crippen molar-refractivity contribution in [2.75, 3.05) is 0 Å². The minimum Gasteiger partial charge on any atom is -0.465 e. The molecule has 1 amide bonds. The molecule has 1 N–H and O–H groups in total. The number of hydrazone groups is 1. The van der Waals surface area contributed by atoms with Crippen molar-refractivity contribution in [3.63, 3.8) is 0 Å². The zero-order chi connectivity index (χ0) is 13.5. The summed E-state index contributed by atoms with van der Waals surface area (Å²) in [6, 6.07) is 7.52. The fourth-order valence-corrected chi connectivity index (χ4v) is 2.16. The molecule has 2 aromatic rings. The number of amides is 1. The Morgan fingerprint density at radius 2 is 2.37 bits per heavy atom. The summed E-state index contributed by atoms with van der Waals surface area (Å²) in [5.41, 5.74) is 3.39. The van der Waals surface area contributed by atoms with Crippen LogP contribution in [-0.4, -0.2) is 12.1 Å². The van der Waals surface area contributed by atoms with Gasteiger partial charge in [-0.1, -0.05) is 6.07 Å². The fourth-order valence-electron chi connectivity index (χ4n) is 1.45. The molecule has 0 saturated heterocycles. The van der Waals surface area contributed by atoms with Gasteiger partial charge in [0.1, 0.15) is 5.76 Å². The Morgan fingerprint density at radius 1 is 1.47 bits per heavy atom. The predicted molar refractivity (Wildman–Crippen MR) is 77.0 cm³/mol. The lowest BCUT2D eigenvalue weighted by Crippen LogP contribution is -2.19. The van der Waals surface area contributed by atoms with Crippen molar-refractivity contribution in [3.05, 3.63) is 52.1 Å². The number of rotatable bonds is 5. The molecule has 98 valence electrons. The van der Waals surface area contributed by atoms with E-state index in [4.69, 9.17) is 4.42 Å². The summed E-state index contributed by atoms with van der Waals surface area (Å²) in [5, 5.41) is 5.85. The summed E-state index contributed by atoms with van der Waals surface area (Å²) in [7, 11) is 0. The first-order chi connectivity index (χ1) is 9.24. The van der Waals surface area contributed by atoms with Crippen molar-refractivity contribution in [2.24, 2.45) is 5.10 Å². The number of hydrogen-bond acceptors (Lipinski definition) is 4. The number of hydrogen-bond donors (Lipinski definition) is 1. The Balaban J connectivity index is 1.81. The Kier molecular flexibility index (Phi) is 4.69. The van der Waals surface area contributed by atoms with Gasteiger partial charge >= 0.3 is 0 Å². The minimum absolute atomic E-state index is 0.121. The Morgan fingerprint density at radius 3 is 3.05 bits per heavy atom. The van der Waals surface area contributed by atoms with Gasteiger partial charge in [0.15, 0.2) is 0 Å². The van der Waals surface area contributed by atoms with Crippen LogP contribution in [0.15, 0.2) is 51.0 Å². The van der Waals surface area contributed by atoms with Crippen LogP contribution in [0.4, 0.5) is 0 Å². The first-order valence-corrected chi connectivity index (χ1v) is 6.68. The lowest BCUT2D eigenvalue weighted by molar-refractivity contribution is -0.120. The van der Waals surface area contributed by atoms with E-state index in [0.717, 1.165) is 16.2 Å². The third kappa shape index (κ3) is 4.56. The van der Waals surface area contributed by atoms with Crippen LogP contribution in [0.1, 0.15) is 17.6 Å². The van der Waals surface area contributed by atoms with Crippen LogP contribution < -0.4 is 5.43 Å². The molecule has 19 heavy (non-hydrogen) atoms. The normalized spacial score (nSPS) is 11.9. The molecule has 2 rings (SSSR count). The van der Waals surface area contributed by atoms with Crippen LogP contribution in [0, 0.1) is 0 Å². The highest BCUT2D eigenvalue weighted by molar-refractivity contribution is 7.10. The average molecular weight is 274 g/mol. The summed E-state index contributed by atoms with van der Waals surface area (Å²) in [5.74, 6) is 0.637. The standard InChI is InChI=1S/C14H14N2O2S/c1-11(8-12-4-2-6-18-12)10-15-16-14(17)9-13-5-3-7-19-13/h2-8,10H,9H2,1H3,(H,16,17)/b11-8+,15-10?. The Labute approximate surface area is 115 Å². The molecule has 0 atom stereocenters. The van der Waals surface area contributed by atoms with E-state index in [1.165, 1.54) is 0 Å². The molecule has 0 unspecified atom stereocenters. The summed E-state index contributed by atoms with van der Waals surface area (Å²) in [4.78, 5) is 12.6. The van der Waals surface area contributed by atoms with Gasteiger partial charge in [-0.15, -0.1) is 11.3 Å². The van der Waals surface area contributed by atoms with E-state index in [-0.39, 0.29) is 5.91 Å². The highest BCUT2D eigenvalue weighted by atomic mass is 32.1. The van der Waals surface area contributed by atoms with Crippen molar-refractivity contribution in [3.8, 4) is 0 Å². The number of nitrogens with one attached hydrogen (secondary N) is 1. The first kappa shape index (κ1) is 13.3. The van der Waals surface area contributed by atoms with E-state index in [9.17, 15) is 4.79 Å². The van der Waals surface area contributed by atoms with E-state index in [2.05, 4.69) is 10.5 Å². The summed E-state index contributed by atoms with van der Waals surface area (Å²) < 4.78 is 5.18. The SMILES string of the molecule is C/C(C=NNC(=O)Cc1cccs1)=C\c1ccco1. The van der Waals surface area contributed by atoms with Gasteiger partial charge in [-0.2, -0.15) is 5.10 Å². The molecule has 0 spiro atoms. The number of furan rings is 1. The lowest BCUT2D eigenvalue weighted by atomic mass is 10.3. The zero-order valence-corrected chi connectivity index (χ0v) is 11.3. The molecule has 0 bridgehead atoms. The van der Waals surface area contributed by atoms with Crippen molar-refractivity contribution in [1.29, 1.82) is 0 Å². The number of thiophene rings is 1. The van der Waals surface area contributed by atoms with Gasteiger partial charge in [-0.3, -0.25) is 4.79 Å². The van der Waals surface area contributed by atoms with Crippen LogP contribution in [0.2, 0.25) is 0 Å². The maximum absolute atomic E-state index is 11.6. The van der Waals surface area contributed by atoms with Gasteiger partial charge in [0.25, 0.3) is 0 Å². The monoisotopic (exact) mass is 274 g/mol. The predicted octanol–water partition coefficient (Wildman–Crippen LogP) is 3.09. The molecule has 0 saturated carbocycles. The van der Waals surface area contributed by atoms with Crippen LogP contribution >= 0.6 is 11.3 Å². The number of carbonyl (C=O) groups excluding carboxylic acids is 1. The second kappa shape index (κ2) is 6.70. The van der Waals surface area contributed by atoms with Crippen molar-refractivity contribution in [2.45, 2.75) is 13.3 Å². The van der Waals surface area contributed by atoms with Crippen LogP contribution in [-0.2, 0) is 11.2 Å². The van der Waals surface area contributed by atoms with Crippen LogP contribution in [0.25, 0.3) is 6.08 Å². The Bertz CT molecular complexity index is 569. The molecule has 0 aliphatic heterocycles. The van der Waals surface area contributed by atoms with Gasteiger partial charge < -0.3 is 4.42 Å². The average Bonchev–Trinajstić information content (AvgIpc) is 3.02. The molecule has 0 aliphatic carbocycles. The van der Waals surface area contributed by atoms with Crippen molar-refractivity contribution < 1.29 is 9.21 Å². The molecule has 4 nitrogen and oxygen atoms in total. The quantitative estimate of drug-likeness (QED) is 0.673. The van der Waals surface area contributed by atoms with E-state index in [0.29, 0.717) is 6.42 Å². The van der Waals surface area contributed by atoms with Crippen LogP contribution in [0.3, 0.4) is 0 Å². The largest absolute Gasteiger partial charge is 0.465 e. The van der Waals surface area contributed by atoms with E-state index < -0.39 is 0 Å². The second-order valence-corrected chi connectivity index (χ2v) is 4.99. The van der Waals surface area contributed by atoms with Gasteiger partial charge in [0, 0.05) is 4.88 Å². The molecular formula is C14H14N2O2S. The van der Waals surface area contributed by atoms with Crippen LogP contribution in [0.5, 0.6) is 0 Å². The number of carbonyl (C=O) groups is 1. The third-order valence-electron chi connectivity index (χ3n) is 2.29. The maximum atomic E-state index is 11.6. The van der Waals surface area contributed by atoms with Gasteiger partial charge in [0.05, 0.1) is 18.9 Å². The highest BCUT2D eigenvalue weighted by Crippen LogP contribution is 2.08. The van der Waals surface area contributed by atoms with E-state index in [1.807, 2.05) is 42.6 Å². The topological polar surface area (TPSA) is 54.6 Å². The zero-order valence-electron chi connectivity index (χ0n) is 10.5. The van der Waals surface area contributed by atoms with Gasteiger partial charge in [0.2, 0.25) is 5.91 Å². The van der Waals surface area contributed by atoms with E-state index in [1.54, 1.807) is 23.8 Å². The Hall–Kier alpha value is -2.14. The molecular weight excluding hydrogens is 260 g/mol. The highest BCUT2D eigenvalue weighted by Gasteiger charge is 2.01. The minimum atomic E-state index is -0.121. The lowest BCUT2D eigenvalue weighted by Gasteiger charge is -1.97. The van der Waals surface area contributed by atoms with Crippen molar-refractivity contribution >= 4 is 29.5 Å². The van der Waals surface area contributed by atoms with Crippen molar-refractivity contribution in [1.82, 2.24) is 5.43 Å². The summed E-state index contributed by atoms with van der Waals surface area (Å²) in [6.45, 7) is 1.89. The smallest absolute Gasteiger partial charge is 0.245 e. The molecule has 2 heterocycles. The first-order valence-electron chi connectivity index (χ1n) is 5.80. The molecule has 0 fully saturated rings. The molecule has 0 aromatic carbocycles. The molecule has 0 aliphatic rings. The maximum Gasteiger partial charge on any atom is 0.245 e. The van der Waals surface area contributed by atoms with E-state index >= 15 is 0 Å². The van der Waals surface area contributed by atoms with Gasteiger partial charge in [-0.05, 0) is 42.2 Å². The summed E-state index contributed by atoms with van der Waals surface area (Å²) >= 11 is 1.56. The van der Waals surface area contributed by atoms with Gasteiger partial charge in [-0.25, -0.2) is 5.43 Å². The fraction of sp³-hybridized carbons (Fsp3) is 0.143.